The molecule has 18 heavy (non-hydrogen) atoms. The zero-order chi connectivity index (χ0) is 13.2. The SMILES string of the molecule is CCOC(=O)/C=C/C[C@H](O)/C=C/c1ccccc1. The Labute approximate surface area is 107 Å². The first-order valence-corrected chi connectivity index (χ1v) is 5.97. The minimum atomic E-state index is -0.601. The van der Waals surface area contributed by atoms with Crippen LogP contribution < -0.4 is 0 Å². The summed E-state index contributed by atoms with van der Waals surface area (Å²) in [5.41, 5.74) is 1.03. The van der Waals surface area contributed by atoms with Gasteiger partial charge in [0.15, 0.2) is 0 Å². The second-order valence-electron chi connectivity index (χ2n) is 3.73. The van der Waals surface area contributed by atoms with Gasteiger partial charge in [-0.2, -0.15) is 0 Å². The van der Waals surface area contributed by atoms with Gasteiger partial charge in [-0.05, 0) is 18.9 Å². The highest BCUT2D eigenvalue weighted by molar-refractivity contribution is 5.81. The molecule has 1 atom stereocenters. The van der Waals surface area contributed by atoms with Gasteiger partial charge in [-0.25, -0.2) is 4.79 Å². The van der Waals surface area contributed by atoms with E-state index in [0.29, 0.717) is 13.0 Å². The summed E-state index contributed by atoms with van der Waals surface area (Å²) in [4.78, 5) is 11.0. The third-order valence-corrected chi connectivity index (χ3v) is 2.23. The number of carbonyl (C=O) groups excluding carboxylic acids is 1. The number of rotatable bonds is 6. The lowest BCUT2D eigenvalue weighted by molar-refractivity contribution is -0.137. The molecule has 0 saturated carbocycles. The highest BCUT2D eigenvalue weighted by Crippen LogP contribution is 2.04. The summed E-state index contributed by atoms with van der Waals surface area (Å²) in [7, 11) is 0. The van der Waals surface area contributed by atoms with Gasteiger partial charge in [-0.3, -0.25) is 0 Å². The van der Waals surface area contributed by atoms with E-state index in [9.17, 15) is 9.90 Å². The number of esters is 1. The maximum atomic E-state index is 11.0. The van der Waals surface area contributed by atoms with Crippen LogP contribution >= 0.6 is 0 Å². The smallest absolute Gasteiger partial charge is 0.330 e. The molecule has 0 heterocycles. The third-order valence-electron chi connectivity index (χ3n) is 2.23. The lowest BCUT2D eigenvalue weighted by Crippen LogP contribution is -2.02. The minimum absolute atomic E-state index is 0.361. The van der Waals surface area contributed by atoms with Crippen molar-refractivity contribution < 1.29 is 14.6 Å². The van der Waals surface area contributed by atoms with Crippen LogP contribution in [0.5, 0.6) is 0 Å². The highest BCUT2D eigenvalue weighted by Gasteiger charge is 1.97. The van der Waals surface area contributed by atoms with Gasteiger partial charge in [0.05, 0.1) is 12.7 Å². The first-order valence-electron chi connectivity index (χ1n) is 5.97. The van der Waals surface area contributed by atoms with E-state index >= 15 is 0 Å². The van der Waals surface area contributed by atoms with Crippen molar-refractivity contribution in [3.05, 3.63) is 54.1 Å². The van der Waals surface area contributed by atoms with E-state index in [1.807, 2.05) is 36.4 Å². The molecule has 0 saturated heterocycles. The zero-order valence-electron chi connectivity index (χ0n) is 10.5. The topological polar surface area (TPSA) is 46.5 Å². The molecule has 3 nitrogen and oxygen atoms in total. The van der Waals surface area contributed by atoms with E-state index in [1.165, 1.54) is 6.08 Å². The molecule has 0 fully saturated rings. The molecule has 0 aliphatic heterocycles. The molecule has 0 aliphatic rings. The Kier molecular flexibility index (Phi) is 6.51. The molecule has 1 rings (SSSR count). The molecular formula is C15H18O3. The standard InChI is InChI=1S/C15H18O3/c1-2-18-15(17)10-6-9-14(16)12-11-13-7-4-3-5-8-13/h3-8,10-12,14,16H,2,9H2,1H3/b10-6+,12-11+/t14-/m0/s1. The fraction of sp³-hybridized carbons (Fsp3) is 0.267. The van der Waals surface area contributed by atoms with Gasteiger partial charge in [0.1, 0.15) is 0 Å². The van der Waals surface area contributed by atoms with E-state index < -0.39 is 6.10 Å². The monoisotopic (exact) mass is 246 g/mol. The van der Waals surface area contributed by atoms with E-state index in [2.05, 4.69) is 0 Å². The van der Waals surface area contributed by atoms with Crippen molar-refractivity contribution in [2.75, 3.05) is 6.61 Å². The predicted molar refractivity (Wildman–Crippen MR) is 71.9 cm³/mol. The lowest BCUT2D eigenvalue weighted by Gasteiger charge is -2.00. The zero-order valence-corrected chi connectivity index (χ0v) is 10.5. The summed E-state index contributed by atoms with van der Waals surface area (Å²) in [5.74, 6) is -0.378. The Morgan fingerprint density at radius 3 is 2.78 bits per heavy atom. The van der Waals surface area contributed by atoms with Crippen molar-refractivity contribution >= 4 is 12.0 Å². The van der Waals surface area contributed by atoms with Crippen LogP contribution in [0.15, 0.2) is 48.6 Å². The summed E-state index contributed by atoms with van der Waals surface area (Å²) < 4.78 is 4.73. The van der Waals surface area contributed by atoms with E-state index in [0.717, 1.165) is 5.56 Å². The maximum absolute atomic E-state index is 11.0. The summed E-state index contributed by atoms with van der Waals surface area (Å²) in [6.45, 7) is 2.11. The Morgan fingerprint density at radius 2 is 2.11 bits per heavy atom. The summed E-state index contributed by atoms with van der Waals surface area (Å²) in [5, 5.41) is 9.66. The van der Waals surface area contributed by atoms with Crippen molar-refractivity contribution in [3.8, 4) is 0 Å². The quantitative estimate of drug-likeness (QED) is 0.620. The average Bonchev–Trinajstić information content (AvgIpc) is 2.38. The number of carbonyl (C=O) groups is 1. The van der Waals surface area contributed by atoms with Gasteiger partial charge in [-0.1, -0.05) is 48.6 Å². The Balaban J connectivity index is 2.36. The molecule has 1 aromatic carbocycles. The fourth-order valence-electron chi connectivity index (χ4n) is 1.36. The third kappa shape index (κ3) is 6.01. The van der Waals surface area contributed by atoms with Gasteiger partial charge >= 0.3 is 5.97 Å². The maximum Gasteiger partial charge on any atom is 0.330 e. The number of aliphatic hydroxyl groups is 1. The molecule has 0 radical (unpaired) electrons. The molecule has 0 aromatic heterocycles. The van der Waals surface area contributed by atoms with Crippen LogP contribution in [0.3, 0.4) is 0 Å². The molecule has 3 heteroatoms. The molecule has 0 aliphatic carbocycles. The van der Waals surface area contributed by atoms with Crippen LogP contribution in [0.25, 0.3) is 6.08 Å². The number of ether oxygens (including phenoxy) is 1. The van der Waals surface area contributed by atoms with Gasteiger partial charge in [-0.15, -0.1) is 0 Å². The molecule has 0 amide bonds. The summed E-state index contributed by atoms with van der Waals surface area (Å²) >= 11 is 0. The molecule has 0 spiro atoms. The normalized spacial score (nSPS) is 13.0. The Morgan fingerprint density at radius 1 is 1.39 bits per heavy atom. The second-order valence-corrected chi connectivity index (χ2v) is 3.73. The van der Waals surface area contributed by atoms with Crippen LogP contribution in [0, 0.1) is 0 Å². The van der Waals surface area contributed by atoms with E-state index in [1.54, 1.807) is 19.1 Å². The average molecular weight is 246 g/mol. The van der Waals surface area contributed by atoms with Crippen molar-refractivity contribution in [1.82, 2.24) is 0 Å². The highest BCUT2D eigenvalue weighted by atomic mass is 16.5. The van der Waals surface area contributed by atoms with Crippen LogP contribution in [-0.2, 0) is 9.53 Å². The number of hydrogen-bond acceptors (Lipinski definition) is 3. The van der Waals surface area contributed by atoms with Crippen molar-refractivity contribution in [2.45, 2.75) is 19.4 Å². The van der Waals surface area contributed by atoms with Gasteiger partial charge in [0, 0.05) is 6.08 Å². The van der Waals surface area contributed by atoms with Crippen molar-refractivity contribution in [3.63, 3.8) is 0 Å². The van der Waals surface area contributed by atoms with Crippen LogP contribution in [0.2, 0.25) is 0 Å². The van der Waals surface area contributed by atoms with Crippen LogP contribution in [0.1, 0.15) is 18.9 Å². The second kappa shape index (κ2) is 8.25. The minimum Gasteiger partial charge on any atom is -0.463 e. The number of aliphatic hydroxyl groups excluding tert-OH is 1. The summed E-state index contributed by atoms with van der Waals surface area (Å²) in [6.07, 6.45) is 6.28. The first-order chi connectivity index (χ1) is 8.72. The summed E-state index contributed by atoms with van der Waals surface area (Å²) in [6, 6.07) is 9.73. The molecule has 0 bridgehead atoms. The van der Waals surface area contributed by atoms with E-state index in [4.69, 9.17) is 4.74 Å². The Hall–Kier alpha value is -1.87. The molecule has 96 valence electrons. The predicted octanol–water partition coefficient (Wildman–Crippen LogP) is 2.57. The Bertz CT molecular complexity index is 407. The molecule has 0 unspecified atom stereocenters. The van der Waals surface area contributed by atoms with Gasteiger partial charge in [0.25, 0.3) is 0 Å². The first kappa shape index (κ1) is 14.2. The van der Waals surface area contributed by atoms with Gasteiger partial charge < -0.3 is 9.84 Å². The van der Waals surface area contributed by atoms with Crippen LogP contribution in [-0.4, -0.2) is 23.8 Å². The van der Waals surface area contributed by atoms with Gasteiger partial charge in [0.2, 0.25) is 0 Å². The number of hydrogen-bond donors (Lipinski definition) is 1. The fourth-order valence-corrected chi connectivity index (χ4v) is 1.36. The molecule has 1 aromatic rings. The number of benzene rings is 1. The lowest BCUT2D eigenvalue weighted by atomic mass is 10.1. The molecular weight excluding hydrogens is 228 g/mol. The van der Waals surface area contributed by atoms with Crippen LogP contribution in [0.4, 0.5) is 0 Å². The molecule has 1 N–H and O–H groups in total. The van der Waals surface area contributed by atoms with Crippen molar-refractivity contribution in [2.24, 2.45) is 0 Å². The van der Waals surface area contributed by atoms with Crippen molar-refractivity contribution in [1.29, 1.82) is 0 Å². The van der Waals surface area contributed by atoms with E-state index in [-0.39, 0.29) is 5.97 Å². The largest absolute Gasteiger partial charge is 0.463 e.